The van der Waals surface area contributed by atoms with Gasteiger partial charge in [-0.15, -0.1) is 0 Å². The Morgan fingerprint density at radius 2 is 2.04 bits per heavy atom. The van der Waals surface area contributed by atoms with Crippen molar-refractivity contribution in [1.29, 1.82) is 0 Å². The van der Waals surface area contributed by atoms with E-state index in [4.69, 9.17) is 4.74 Å². The summed E-state index contributed by atoms with van der Waals surface area (Å²) in [6.07, 6.45) is 1.82. The summed E-state index contributed by atoms with van der Waals surface area (Å²) in [5, 5.41) is 3.00. The molecule has 1 fully saturated rings. The van der Waals surface area contributed by atoms with Crippen molar-refractivity contribution >= 4 is 11.8 Å². The number of amides is 2. The fraction of sp³-hybridized carbons (Fsp3) is 0.579. The lowest BCUT2D eigenvalue weighted by molar-refractivity contribution is -0.141. The molecule has 1 N–H and O–H groups in total. The van der Waals surface area contributed by atoms with Crippen LogP contribution in [-0.2, 0) is 14.3 Å². The van der Waals surface area contributed by atoms with Crippen LogP contribution in [0.4, 0.5) is 0 Å². The zero-order valence-electron chi connectivity index (χ0n) is 14.9. The van der Waals surface area contributed by atoms with E-state index in [0.717, 1.165) is 12.0 Å². The van der Waals surface area contributed by atoms with E-state index < -0.39 is 0 Å². The molecule has 0 unspecified atom stereocenters. The molecule has 0 aromatic heterocycles. The van der Waals surface area contributed by atoms with Crippen LogP contribution in [0.25, 0.3) is 0 Å². The summed E-state index contributed by atoms with van der Waals surface area (Å²) in [4.78, 5) is 26.5. The summed E-state index contributed by atoms with van der Waals surface area (Å²) in [7, 11) is 1.79. The van der Waals surface area contributed by atoms with Crippen molar-refractivity contribution in [3.05, 3.63) is 35.4 Å². The molecule has 0 aliphatic carbocycles. The molecule has 1 aliphatic heterocycles. The molecule has 5 nitrogen and oxygen atoms in total. The van der Waals surface area contributed by atoms with E-state index in [-0.39, 0.29) is 23.8 Å². The molecule has 0 bridgehead atoms. The van der Waals surface area contributed by atoms with Crippen molar-refractivity contribution < 1.29 is 14.3 Å². The summed E-state index contributed by atoms with van der Waals surface area (Å²) in [6.45, 7) is 5.94. The number of benzene rings is 1. The van der Waals surface area contributed by atoms with Crippen LogP contribution < -0.4 is 5.32 Å². The van der Waals surface area contributed by atoms with Crippen LogP contribution in [0.5, 0.6) is 0 Å². The summed E-state index contributed by atoms with van der Waals surface area (Å²) in [6, 6.07) is 7.90. The fourth-order valence-corrected chi connectivity index (χ4v) is 3.19. The number of piperidine rings is 1. The Bertz CT molecular complexity index is 556. The minimum atomic E-state index is -0.206. The van der Waals surface area contributed by atoms with E-state index in [1.165, 1.54) is 5.56 Å². The first kappa shape index (κ1) is 18.5. The molecule has 0 spiro atoms. The van der Waals surface area contributed by atoms with E-state index in [1.54, 1.807) is 11.9 Å². The minimum absolute atomic E-state index is 0.0245. The van der Waals surface area contributed by atoms with E-state index in [2.05, 4.69) is 5.32 Å². The van der Waals surface area contributed by atoms with Crippen molar-refractivity contribution in [3.8, 4) is 0 Å². The number of rotatable bonds is 7. The molecule has 1 aliphatic rings. The van der Waals surface area contributed by atoms with Gasteiger partial charge in [-0.25, -0.2) is 0 Å². The number of aryl methyl sites for hydroxylation is 1. The maximum atomic E-state index is 12.6. The highest BCUT2D eigenvalue weighted by atomic mass is 16.5. The van der Waals surface area contributed by atoms with Gasteiger partial charge in [0.15, 0.2) is 0 Å². The zero-order valence-corrected chi connectivity index (χ0v) is 14.9. The second-order valence-electron chi connectivity index (χ2n) is 6.35. The standard InChI is InChI=1S/C19H28N2O3/c1-4-24-13-5-12-20-19(23)16-10-11-17(22)21(3)18(16)15-8-6-14(2)7-9-15/h6-9,16,18H,4-5,10-13H2,1-3H3,(H,20,23)/t16-,18+/m0/s1. The van der Waals surface area contributed by atoms with Gasteiger partial charge in [-0.3, -0.25) is 9.59 Å². The molecule has 1 aromatic carbocycles. The third-order valence-electron chi connectivity index (χ3n) is 4.59. The maximum Gasteiger partial charge on any atom is 0.225 e. The normalized spacial score (nSPS) is 21.0. The minimum Gasteiger partial charge on any atom is -0.382 e. The van der Waals surface area contributed by atoms with Crippen molar-refractivity contribution in [2.24, 2.45) is 5.92 Å². The lowest BCUT2D eigenvalue weighted by atomic mass is 9.83. The average Bonchev–Trinajstić information content (AvgIpc) is 2.58. The van der Waals surface area contributed by atoms with Gasteiger partial charge >= 0.3 is 0 Å². The molecule has 2 rings (SSSR count). The van der Waals surface area contributed by atoms with Crippen LogP contribution in [-0.4, -0.2) is 43.5 Å². The summed E-state index contributed by atoms with van der Waals surface area (Å²) >= 11 is 0. The van der Waals surface area contributed by atoms with Crippen LogP contribution in [0, 0.1) is 12.8 Å². The molecule has 5 heteroatoms. The van der Waals surface area contributed by atoms with E-state index >= 15 is 0 Å². The SMILES string of the molecule is CCOCCCNC(=O)[C@H]1CCC(=O)N(C)[C@@H]1c1ccc(C)cc1. The molecule has 1 heterocycles. The first-order valence-electron chi connectivity index (χ1n) is 8.72. The van der Waals surface area contributed by atoms with Gasteiger partial charge in [0.1, 0.15) is 0 Å². The number of hydrogen-bond donors (Lipinski definition) is 1. The molecule has 0 radical (unpaired) electrons. The molecule has 2 amide bonds. The first-order chi connectivity index (χ1) is 11.5. The summed E-state index contributed by atoms with van der Waals surface area (Å²) < 4.78 is 5.29. The lowest BCUT2D eigenvalue weighted by Crippen LogP contribution is -2.46. The quantitative estimate of drug-likeness (QED) is 0.780. The number of hydrogen-bond acceptors (Lipinski definition) is 3. The smallest absolute Gasteiger partial charge is 0.225 e. The molecule has 2 atom stereocenters. The number of likely N-dealkylation sites (tertiary alicyclic amines) is 1. The number of carbonyl (C=O) groups is 2. The van der Waals surface area contributed by atoms with Gasteiger partial charge in [-0.2, -0.15) is 0 Å². The molecule has 24 heavy (non-hydrogen) atoms. The Morgan fingerprint density at radius 3 is 2.71 bits per heavy atom. The second-order valence-corrected chi connectivity index (χ2v) is 6.35. The summed E-state index contributed by atoms with van der Waals surface area (Å²) in [5.41, 5.74) is 2.19. The highest BCUT2D eigenvalue weighted by Gasteiger charge is 2.38. The van der Waals surface area contributed by atoms with Gasteiger partial charge in [0.05, 0.1) is 12.0 Å². The topological polar surface area (TPSA) is 58.6 Å². The predicted octanol–water partition coefficient (Wildman–Crippen LogP) is 2.45. The number of nitrogens with zero attached hydrogens (tertiary/aromatic N) is 1. The average molecular weight is 332 g/mol. The van der Waals surface area contributed by atoms with Gasteiger partial charge in [0, 0.05) is 33.2 Å². The van der Waals surface area contributed by atoms with Crippen molar-refractivity contribution in [1.82, 2.24) is 10.2 Å². The Morgan fingerprint density at radius 1 is 1.33 bits per heavy atom. The van der Waals surface area contributed by atoms with Gasteiger partial charge in [-0.1, -0.05) is 29.8 Å². The molecular weight excluding hydrogens is 304 g/mol. The number of nitrogens with one attached hydrogen (secondary N) is 1. The largest absolute Gasteiger partial charge is 0.382 e. The molecular formula is C19H28N2O3. The zero-order chi connectivity index (χ0) is 17.5. The number of carbonyl (C=O) groups excluding carboxylic acids is 2. The Balaban J connectivity index is 2.06. The fourth-order valence-electron chi connectivity index (χ4n) is 3.19. The van der Waals surface area contributed by atoms with Crippen molar-refractivity contribution in [2.45, 2.75) is 39.2 Å². The molecule has 1 aromatic rings. The highest BCUT2D eigenvalue weighted by Crippen LogP contribution is 2.35. The molecule has 132 valence electrons. The van der Waals surface area contributed by atoms with E-state index in [9.17, 15) is 9.59 Å². The van der Waals surface area contributed by atoms with Crippen LogP contribution >= 0.6 is 0 Å². The second kappa shape index (κ2) is 8.83. The monoisotopic (exact) mass is 332 g/mol. The Kier molecular flexibility index (Phi) is 6.79. The lowest BCUT2D eigenvalue weighted by Gasteiger charge is -2.38. The van der Waals surface area contributed by atoms with Crippen molar-refractivity contribution in [3.63, 3.8) is 0 Å². The van der Waals surface area contributed by atoms with Gasteiger partial charge < -0.3 is 15.0 Å². The van der Waals surface area contributed by atoms with E-state index in [1.807, 2.05) is 38.1 Å². The van der Waals surface area contributed by atoms with Crippen LogP contribution in [0.3, 0.4) is 0 Å². The van der Waals surface area contributed by atoms with Gasteiger partial charge in [-0.05, 0) is 32.3 Å². The van der Waals surface area contributed by atoms with Crippen LogP contribution in [0.2, 0.25) is 0 Å². The van der Waals surface area contributed by atoms with Crippen LogP contribution in [0.15, 0.2) is 24.3 Å². The molecule has 0 saturated carbocycles. The highest BCUT2D eigenvalue weighted by molar-refractivity contribution is 5.84. The van der Waals surface area contributed by atoms with Crippen LogP contribution in [0.1, 0.15) is 43.4 Å². The van der Waals surface area contributed by atoms with Crippen molar-refractivity contribution in [2.75, 3.05) is 26.8 Å². The third kappa shape index (κ3) is 4.57. The van der Waals surface area contributed by atoms with E-state index in [0.29, 0.717) is 32.6 Å². The first-order valence-corrected chi connectivity index (χ1v) is 8.72. The van der Waals surface area contributed by atoms with Gasteiger partial charge in [0.2, 0.25) is 11.8 Å². The maximum absolute atomic E-state index is 12.6. The van der Waals surface area contributed by atoms with Gasteiger partial charge in [0.25, 0.3) is 0 Å². The Hall–Kier alpha value is -1.88. The number of ether oxygens (including phenoxy) is 1. The third-order valence-corrected chi connectivity index (χ3v) is 4.59. The predicted molar refractivity (Wildman–Crippen MR) is 93.5 cm³/mol. The molecule has 1 saturated heterocycles. The Labute approximate surface area is 144 Å². The summed E-state index contributed by atoms with van der Waals surface area (Å²) in [5.74, 6) is -0.0834.